The normalized spacial score (nSPS) is 9.62. The minimum Gasteiger partial charge on any atom is -0.398 e. The summed E-state index contributed by atoms with van der Waals surface area (Å²) in [6.45, 7) is 0. The summed E-state index contributed by atoms with van der Waals surface area (Å²) in [7, 11) is 1.85. The van der Waals surface area contributed by atoms with Crippen LogP contribution in [0.3, 0.4) is 0 Å². The van der Waals surface area contributed by atoms with E-state index < -0.39 is 0 Å². The lowest BCUT2D eigenvalue weighted by Gasteiger charge is -1.96. The minimum absolute atomic E-state index is 0.610. The summed E-state index contributed by atoms with van der Waals surface area (Å²) >= 11 is 3.24. The number of hydrogen-bond acceptors (Lipinski definition) is 3. The van der Waals surface area contributed by atoms with Crippen LogP contribution in [0.1, 0.15) is 11.1 Å². The molecule has 16 heavy (non-hydrogen) atoms. The molecule has 2 heterocycles. The molecule has 0 radical (unpaired) electrons. The van der Waals surface area contributed by atoms with Crippen molar-refractivity contribution in [2.75, 3.05) is 5.73 Å². The van der Waals surface area contributed by atoms with Crippen molar-refractivity contribution >= 4 is 21.6 Å². The first-order chi connectivity index (χ1) is 7.65. The number of halogens is 1. The lowest BCUT2D eigenvalue weighted by molar-refractivity contribution is 0.767. The van der Waals surface area contributed by atoms with E-state index in [2.05, 4.69) is 37.9 Å². The largest absolute Gasteiger partial charge is 0.398 e. The average molecular weight is 277 g/mol. The minimum atomic E-state index is 0.610. The maximum absolute atomic E-state index is 5.80. The van der Waals surface area contributed by atoms with Gasteiger partial charge in [0.05, 0.1) is 23.0 Å². The molecular weight excluding hydrogens is 268 g/mol. The van der Waals surface area contributed by atoms with Crippen molar-refractivity contribution in [1.29, 1.82) is 0 Å². The van der Waals surface area contributed by atoms with Crippen LogP contribution in [0.15, 0.2) is 29.3 Å². The molecule has 2 aromatic rings. The first-order valence-corrected chi connectivity index (χ1v) is 5.36. The van der Waals surface area contributed by atoms with E-state index in [0.717, 1.165) is 5.56 Å². The summed E-state index contributed by atoms with van der Waals surface area (Å²) in [4.78, 5) is 4.07. The molecule has 0 aromatic carbocycles. The molecular formula is C11H9BrN4. The number of nitrogens with two attached hydrogens (primary N) is 1. The molecule has 0 saturated carbocycles. The van der Waals surface area contributed by atoms with Crippen molar-refractivity contribution < 1.29 is 0 Å². The zero-order chi connectivity index (χ0) is 11.5. The zero-order valence-corrected chi connectivity index (χ0v) is 10.2. The van der Waals surface area contributed by atoms with Gasteiger partial charge in [-0.15, -0.1) is 0 Å². The molecule has 2 rings (SSSR count). The van der Waals surface area contributed by atoms with E-state index in [1.54, 1.807) is 23.1 Å². The molecule has 5 heteroatoms. The summed E-state index contributed by atoms with van der Waals surface area (Å²) < 4.78 is 2.41. The SMILES string of the molecule is Cn1cc(C#Cc2cnc(Br)cc2N)cn1. The van der Waals surface area contributed by atoms with E-state index in [1.807, 2.05) is 13.2 Å². The number of hydrogen-bond donors (Lipinski definition) is 1. The summed E-state index contributed by atoms with van der Waals surface area (Å²) in [6.07, 6.45) is 5.19. The van der Waals surface area contributed by atoms with Gasteiger partial charge in [-0.25, -0.2) is 4.98 Å². The van der Waals surface area contributed by atoms with Crippen LogP contribution in [0.2, 0.25) is 0 Å². The second-order valence-electron chi connectivity index (χ2n) is 3.25. The predicted molar refractivity (Wildman–Crippen MR) is 65.5 cm³/mol. The van der Waals surface area contributed by atoms with Gasteiger partial charge >= 0.3 is 0 Å². The van der Waals surface area contributed by atoms with Gasteiger partial charge in [0.1, 0.15) is 4.60 Å². The quantitative estimate of drug-likeness (QED) is 0.587. The molecule has 0 amide bonds. The van der Waals surface area contributed by atoms with Crippen LogP contribution in [-0.4, -0.2) is 14.8 Å². The Morgan fingerprint density at radius 2 is 2.19 bits per heavy atom. The molecule has 0 unspecified atom stereocenters. The Morgan fingerprint density at radius 1 is 1.38 bits per heavy atom. The lowest BCUT2D eigenvalue weighted by atomic mass is 10.2. The molecule has 80 valence electrons. The van der Waals surface area contributed by atoms with Gasteiger partial charge in [0, 0.05) is 19.4 Å². The monoisotopic (exact) mass is 276 g/mol. The molecule has 2 aromatic heterocycles. The Kier molecular flexibility index (Phi) is 2.93. The number of rotatable bonds is 0. The first kappa shape index (κ1) is 10.7. The third-order valence-electron chi connectivity index (χ3n) is 1.95. The van der Waals surface area contributed by atoms with Gasteiger partial charge in [-0.2, -0.15) is 5.10 Å². The van der Waals surface area contributed by atoms with Crippen molar-refractivity contribution in [3.05, 3.63) is 40.4 Å². The summed E-state index contributed by atoms with van der Waals surface area (Å²) in [5, 5.41) is 4.03. The number of aromatic nitrogens is 3. The summed E-state index contributed by atoms with van der Waals surface area (Å²) in [6, 6.07) is 1.73. The van der Waals surface area contributed by atoms with Crippen molar-refractivity contribution in [2.24, 2.45) is 7.05 Å². The fourth-order valence-corrected chi connectivity index (χ4v) is 1.52. The van der Waals surface area contributed by atoms with Crippen molar-refractivity contribution in [3.8, 4) is 11.8 Å². The van der Waals surface area contributed by atoms with Gasteiger partial charge in [0.2, 0.25) is 0 Å². The van der Waals surface area contributed by atoms with Gasteiger partial charge < -0.3 is 5.73 Å². The van der Waals surface area contributed by atoms with Crippen LogP contribution in [-0.2, 0) is 7.05 Å². The Morgan fingerprint density at radius 3 is 2.81 bits per heavy atom. The molecule has 0 saturated heterocycles. The van der Waals surface area contributed by atoms with Gasteiger partial charge in [0.25, 0.3) is 0 Å². The predicted octanol–water partition coefficient (Wildman–Crippen LogP) is 1.56. The fourth-order valence-electron chi connectivity index (χ4n) is 1.17. The van der Waals surface area contributed by atoms with Crippen LogP contribution >= 0.6 is 15.9 Å². The molecule has 0 aliphatic heterocycles. The summed E-state index contributed by atoms with van der Waals surface area (Å²) in [5.74, 6) is 5.93. The van der Waals surface area contributed by atoms with Crippen LogP contribution in [0.25, 0.3) is 0 Å². The van der Waals surface area contributed by atoms with Gasteiger partial charge in [-0.05, 0) is 22.0 Å². The van der Waals surface area contributed by atoms with E-state index in [9.17, 15) is 0 Å². The van der Waals surface area contributed by atoms with E-state index in [4.69, 9.17) is 5.73 Å². The van der Waals surface area contributed by atoms with Gasteiger partial charge in [-0.3, -0.25) is 4.68 Å². The van der Waals surface area contributed by atoms with E-state index in [-0.39, 0.29) is 0 Å². The third-order valence-corrected chi connectivity index (χ3v) is 2.38. The highest BCUT2D eigenvalue weighted by Gasteiger charge is 1.97. The average Bonchev–Trinajstić information content (AvgIpc) is 2.63. The first-order valence-electron chi connectivity index (χ1n) is 4.57. The van der Waals surface area contributed by atoms with Crippen LogP contribution in [0, 0.1) is 11.8 Å². The molecule has 0 aliphatic carbocycles. The molecule has 0 fully saturated rings. The standard InChI is InChI=1S/C11H9BrN4/c1-16-7-8(5-15-16)2-3-9-6-14-11(12)4-10(9)13/h4-7H,1H3,(H2,13,14). The highest BCUT2D eigenvalue weighted by Crippen LogP contribution is 2.14. The highest BCUT2D eigenvalue weighted by atomic mass is 79.9. The fraction of sp³-hybridized carbons (Fsp3) is 0.0909. The van der Waals surface area contributed by atoms with Crippen molar-refractivity contribution in [1.82, 2.24) is 14.8 Å². The number of nitrogen functional groups attached to an aromatic ring is 1. The third kappa shape index (κ3) is 2.41. The van der Waals surface area contributed by atoms with Crippen LogP contribution in [0.5, 0.6) is 0 Å². The number of nitrogens with zero attached hydrogens (tertiary/aromatic N) is 3. The van der Waals surface area contributed by atoms with E-state index in [1.165, 1.54) is 0 Å². The second kappa shape index (κ2) is 4.37. The topological polar surface area (TPSA) is 56.7 Å². The smallest absolute Gasteiger partial charge is 0.108 e. The number of anilines is 1. The molecule has 0 bridgehead atoms. The maximum atomic E-state index is 5.80. The molecule has 0 spiro atoms. The lowest BCUT2D eigenvalue weighted by Crippen LogP contribution is -1.91. The second-order valence-corrected chi connectivity index (χ2v) is 4.06. The van der Waals surface area contributed by atoms with E-state index >= 15 is 0 Å². The van der Waals surface area contributed by atoms with Gasteiger partial charge in [-0.1, -0.05) is 11.8 Å². The Balaban J connectivity index is 2.30. The van der Waals surface area contributed by atoms with Crippen LogP contribution in [0.4, 0.5) is 5.69 Å². The molecule has 0 aliphatic rings. The van der Waals surface area contributed by atoms with Crippen molar-refractivity contribution in [2.45, 2.75) is 0 Å². The Bertz CT molecular complexity index is 577. The maximum Gasteiger partial charge on any atom is 0.108 e. The summed E-state index contributed by atoms with van der Waals surface area (Å²) in [5.41, 5.74) is 7.97. The Hall–Kier alpha value is -1.80. The van der Waals surface area contributed by atoms with E-state index in [0.29, 0.717) is 15.9 Å². The number of aryl methyl sites for hydroxylation is 1. The Labute approximate surface area is 102 Å². The highest BCUT2D eigenvalue weighted by molar-refractivity contribution is 9.10. The van der Waals surface area contributed by atoms with Gasteiger partial charge in [0.15, 0.2) is 0 Å². The number of pyridine rings is 1. The van der Waals surface area contributed by atoms with Crippen LogP contribution < -0.4 is 5.73 Å². The zero-order valence-electron chi connectivity index (χ0n) is 8.61. The van der Waals surface area contributed by atoms with Crippen molar-refractivity contribution in [3.63, 3.8) is 0 Å². The molecule has 4 nitrogen and oxygen atoms in total. The molecule has 0 atom stereocenters. The molecule has 2 N–H and O–H groups in total.